The van der Waals surface area contributed by atoms with Gasteiger partial charge < -0.3 is 9.88 Å². The Kier molecular flexibility index (Phi) is 4.36. The van der Waals surface area contributed by atoms with Gasteiger partial charge in [-0.25, -0.2) is 4.98 Å². The molecule has 2 aromatic heterocycles. The van der Waals surface area contributed by atoms with Crippen LogP contribution in [0.4, 0.5) is 0 Å². The number of para-hydroxylation sites is 2. The van der Waals surface area contributed by atoms with Crippen molar-refractivity contribution in [2.24, 2.45) is 7.05 Å². The topological polar surface area (TPSA) is 29.9 Å². The van der Waals surface area contributed by atoms with E-state index >= 15 is 0 Å². The smallest absolute Gasteiger partial charge is 0.111 e. The summed E-state index contributed by atoms with van der Waals surface area (Å²) in [4.78, 5) is 4.80. The molecule has 0 aliphatic carbocycles. The Morgan fingerprint density at radius 1 is 1.29 bits per heavy atom. The number of rotatable bonds is 6. The fourth-order valence-corrected chi connectivity index (χ4v) is 3.37. The van der Waals surface area contributed by atoms with Gasteiger partial charge in [0.15, 0.2) is 0 Å². The summed E-state index contributed by atoms with van der Waals surface area (Å²) >= 11 is 1.75. The molecule has 110 valence electrons. The maximum absolute atomic E-state index is 4.80. The third-order valence-electron chi connectivity index (χ3n) is 3.85. The first-order chi connectivity index (χ1) is 10.3. The van der Waals surface area contributed by atoms with Crippen LogP contribution in [0.3, 0.4) is 0 Å². The van der Waals surface area contributed by atoms with Crippen LogP contribution in [-0.2, 0) is 13.5 Å². The van der Waals surface area contributed by atoms with Gasteiger partial charge in [0.1, 0.15) is 5.82 Å². The molecule has 1 atom stereocenters. The highest BCUT2D eigenvalue weighted by Crippen LogP contribution is 2.23. The maximum Gasteiger partial charge on any atom is 0.111 e. The Morgan fingerprint density at radius 2 is 2.14 bits per heavy atom. The van der Waals surface area contributed by atoms with Gasteiger partial charge in [-0.2, -0.15) is 11.3 Å². The van der Waals surface area contributed by atoms with Crippen molar-refractivity contribution in [3.05, 3.63) is 52.5 Å². The highest BCUT2D eigenvalue weighted by molar-refractivity contribution is 7.07. The van der Waals surface area contributed by atoms with Crippen molar-refractivity contribution in [2.75, 3.05) is 6.54 Å². The highest BCUT2D eigenvalue weighted by atomic mass is 32.1. The number of benzene rings is 1. The molecule has 2 heterocycles. The molecule has 0 bridgehead atoms. The second-order valence-corrected chi connectivity index (χ2v) is 6.12. The van der Waals surface area contributed by atoms with Crippen molar-refractivity contribution in [2.45, 2.75) is 25.8 Å². The van der Waals surface area contributed by atoms with Crippen LogP contribution in [0.25, 0.3) is 11.0 Å². The lowest BCUT2D eigenvalue weighted by Gasteiger charge is -2.17. The van der Waals surface area contributed by atoms with Crippen LogP contribution < -0.4 is 5.32 Å². The van der Waals surface area contributed by atoms with E-state index in [0.29, 0.717) is 6.04 Å². The molecule has 0 saturated heterocycles. The monoisotopic (exact) mass is 299 g/mol. The van der Waals surface area contributed by atoms with E-state index in [9.17, 15) is 0 Å². The lowest BCUT2D eigenvalue weighted by Crippen LogP contribution is -2.24. The van der Waals surface area contributed by atoms with Crippen molar-refractivity contribution in [1.82, 2.24) is 14.9 Å². The summed E-state index contributed by atoms with van der Waals surface area (Å²) in [6.45, 7) is 3.23. The van der Waals surface area contributed by atoms with Gasteiger partial charge in [0.2, 0.25) is 0 Å². The number of imidazole rings is 1. The molecule has 0 aliphatic heterocycles. The number of hydrogen-bond donors (Lipinski definition) is 1. The van der Waals surface area contributed by atoms with Crippen molar-refractivity contribution in [3.63, 3.8) is 0 Å². The van der Waals surface area contributed by atoms with Gasteiger partial charge in [-0.3, -0.25) is 0 Å². The molecular formula is C17H21N3S. The first-order valence-electron chi connectivity index (χ1n) is 7.45. The van der Waals surface area contributed by atoms with Crippen molar-refractivity contribution in [3.8, 4) is 0 Å². The SMILES string of the molecule is CCCNC(Cc1nc2ccccc2n1C)c1ccsc1. The Hall–Kier alpha value is -1.65. The van der Waals surface area contributed by atoms with Crippen molar-refractivity contribution < 1.29 is 0 Å². The van der Waals surface area contributed by atoms with Gasteiger partial charge in [-0.15, -0.1) is 0 Å². The average molecular weight is 299 g/mol. The number of aromatic nitrogens is 2. The first kappa shape index (κ1) is 14.3. The number of hydrogen-bond acceptors (Lipinski definition) is 3. The van der Waals surface area contributed by atoms with Crippen LogP contribution in [0, 0.1) is 0 Å². The number of aryl methyl sites for hydroxylation is 1. The van der Waals surface area contributed by atoms with Crippen molar-refractivity contribution in [1.29, 1.82) is 0 Å². The number of fused-ring (bicyclic) bond motifs is 1. The minimum absolute atomic E-state index is 0.340. The summed E-state index contributed by atoms with van der Waals surface area (Å²) in [5.41, 5.74) is 3.64. The van der Waals surface area contributed by atoms with Crippen LogP contribution in [0.15, 0.2) is 41.1 Å². The summed E-state index contributed by atoms with van der Waals surface area (Å²) in [5.74, 6) is 1.14. The van der Waals surface area contributed by atoms with Gasteiger partial charge in [-0.1, -0.05) is 19.1 Å². The molecule has 1 N–H and O–H groups in total. The molecular weight excluding hydrogens is 278 g/mol. The molecule has 1 aromatic carbocycles. The summed E-state index contributed by atoms with van der Waals surface area (Å²) in [6, 6.07) is 10.9. The van der Waals surface area contributed by atoms with Gasteiger partial charge in [0.25, 0.3) is 0 Å². The molecule has 3 nitrogen and oxygen atoms in total. The summed E-state index contributed by atoms with van der Waals surface area (Å²) < 4.78 is 2.21. The minimum Gasteiger partial charge on any atom is -0.331 e. The Morgan fingerprint density at radius 3 is 2.86 bits per heavy atom. The molecule has 4 heteroatoms. The highest BCUT2D eigenvalue weighted by Gasteiger charge is 2.16. The van der Waals surface area contributed by atoms with Crippen LogP contribution in [-0.4, -0.2) is 16.1 Å². The first-order valence-corrected chi connectivity index (χ1v) is 8.39. The standard InChI is InChI=1S/C17H21N3S/c1-3-9-18-15(13-8-10-21-12-13)11-17-19-14-6-4-5-7-16(14)20(17)2/h4-8,10,12,15,18H,3,9,11H2,1-2H3. The van der Waals surface area contributed by atoms with E-state index in [1.807, 2.05) is 6.07 Å². The molecule has 3 rings (SSSR count). The molecule has 0 spiro atoms. The van der Waals surface area contributed by atoms with Gasteiger partial charge in [0, 0.05) is 19.5 Å². The zero-order chi connectivity index (χ0) is 14.7. The maximum atomic E-state index is 4.80. The van der Waals surface area contributed by atoms with Gasteiger partial charge in [-0.05, 0) is 47.5 Å². The van der Waals surface area contributed by atoms with E-state index in [1.54, 1.807) is 11.3 Å². The van der Waals surface area contributed by atoms with E-state index in [0.717, 1.165) is 30.7 Å². The second-order valence-electron chi connectivity index (χ2n) is 5.34. The average Bonchev–Trinajstić information content (AvgIpc) is 3.13. The summed E-state index contributed by atoms with van der Waals surface area (Å²) in [7, 11) is 2.11. The molecule has 3 aromatic rings. The zero-order valence-corrected chi connectivity index (χ0v) is 13.4. The fourth-order valence-electron chi connectivity index (χ4n) is 2.66. The van der Waals surface area contributed by atoms with Gasteiger partial charge in [0.05, 0.1) is 11.0 Å². The predicted octanol–water partition coefficient (Wildman–Crippen LogP) is 3.92. The largest absolute Gasteiger partial charge is 0.331 e. The molecule has 0 amide bonds. The van der Waals surface area contributed by atoms with E-state index in [2.05, 4.69) is 58.9 Å². The molecule has 0 aliphatic rings. The van der Waals surface area contributed by atoms with Crippen LogP contribution in [0.1, 0.15) is 30.8 Å². The van der Waals surface area contributed by atoms with Crippen LogP contribution in [0.5, 0.6) is 0 Å². The van der Waals surface area contributed by atoms with Gasteiger partial charge >= 0.3 is 0 Å². The molecule has 21 heavy (non-hydrogen) atoms. The molecule has 0 saturated carbocycles. The molecule has 0 radical (unpaired) electrons. The van der Waals surface area contributed by atoms with E-state index in [4.69, 9.17) is 4.98 Å². The minimum atomic E-state index is 0.340. The summed E-state index contributed by atoms with van der Waals surface area (Å²) in [6.07, 6.45) is 2.06. The zero-order valence-electron chi connectivity index (χ0n) is 12.5. The van der Waals surface area contributed by atoms with Crippen molar-refractivity contribution >= 4 is 22.4 Å². The Balaban J connectivity index is 1.88. The third kappa shape index (κ3) is 3.01. The molecule has 1 unspecified atom stereocenters. The van der Waals surface area contributed by atoms with E-state index < -0.39 is 0 Å². The number of thiophene rings is 1. The number of nitrogens with zero attached hydrogens (tertiary/aromatic N) is 2. The second kappa shape index (κ2) is 6.41. The van der Waals surface area contributed by atoms with E-state index in [1.165, 1.54) is 11.1 Å². The van der Waals surface area contributed by atoms with Crippen LogP contribution in [0.2, 0.25) is 0 Å². The molecule has 0 fully saturated rings. The fraction of sp³-hybridized carbons (Fsp3) is 0.353. The Bertz CT molecular complexity index is 700. The third-order valence-corrected chi connectivity index (χ3v) is 4.55. The quantitative estimate of drug-likeness (QED) is 0.747. The van der Waals surface area contributed by atoms with E-state index in [-0.39, 0.29) is 0 Å². The lowest BCUT2D eigenvalue weighted by molar-refractivity contribution is 0.514. The Labute approximate surface area is 129 Å². The lowest BCUT2D eigenvalue weighted by atomic mass is 10.1. The summed E-state index contributed by atoms with van der Waals surface area (Å²) in [5, 5.41) is 8.02. The normalized spacial score (nSPS) is 12.9. The number of nitrogens with one attached hydrogen (secondary N) is 1. The van der Waals surface area contributed by atoms with Crippen LogP contribution >= 0.6 is 11.3 Å². The predicted molar refractivity (Wildman–Crippen MR) is 89.8 cm³/mol.